The van der Waals surface area contributed by atoms with E-state index in [2.05, 4.69) is 31.0 Å². The molecule has 2 N–H and O–H groups in total. The molecule has 0 saturated heterocycles. The number of hydrogen-bond acceptors (Lipinski definition) is 5. The zero-order valence-electron chi connectivity index (χ0n) is 12.9. The molecule has 0 spiro atoms. The van der Waals surface area contributed by atoms with Crippen molar-refractivity contribution in [3.05, 3.63) is 42.1 Å². The molecule has 0 radical (unpaired) electrons. The van der Waals surface area contributed by atoms with Gasteiger partial charge in [0.05, 0.1) is 0 Å². The maximum atomic E-state index is 5.79. The van der Waals surface area contributed by atoms with E-state index in [1.165, 1.54) is 0 Å². The Balaban J connectivity index is 2.19. The molecule has 2 rings (SSSR count). The highest BCUT2D eigenvalue weighted by atomic mass is 15.2. The Morgan fingerprint density at radius 2 is 2.14 bits per heavy atom. The largest absolute Gasteiger partial charge is 0.368 e. The van der Waals surface area contributed by atoms with E-state index < -0.39 is 0 Å². The maximum absolute atomic E-state index is 5.79. The monoisotopic (exact) mass is 286 g/mol. The Morgan fingerprint density at radius 3 is 2.76 bits per heavy atom. The van der Waals surface area contributed by atoms with Gasteiger partial charge in [0, 0.05) is 43.8 Å². The Labute approximate surface area is 125 Å². The number of imidazole rings is 1. The van der Waals surface area contributed by atoms with Crippen LogP contribution >= 0.6 is 0 Å². The van der Waals surface area contributed by atoms with Gasteiger partial charge in [-0.25, -0.2) is 9.97 Å². The lowest BCUT2D eigenvalue weighted by atomic mass is 10.1. The third-order valence-electron chi connectivity index (χ3n) is 3.52. The summed E-state index contributed by atoms with van der Waals surface area (Å²) in [5.74, 6) is 2.19. The zero-order valence-corrected chi connectivity index (χ0v) is 12.9. The Morgan fingerprint density at radius 1 is 1.38 bits per heavy atom. The van der Waals surface area contributed by atoms with E-state index in [-0.39, 0.29) is 0 Å². The summed E-state index contributed by atoms with van der Waals surface area (Å²) in [6, 6.07) is 0. The third kappa shape index (κ3) is 3.39. The number of likely N-dealkylation sites (N-methyl/N-ethyl adjacent to an activating group) is 1. The molecule has 112 valence electrons. The minimum atomic E-state index is 0.306. The maximum Gasteiger partial charge on any atom is 0.222 e. The highest BCUT2D eigenvalue weighted by Gasteiger charge is 2.13. The van der Waals surface area contributed by atoms with Gasteiger partial charge in [0.2, 0.25) is 5.95 Å². The summed E-state index contributed by atoms with van der Waals surface area (Å²) in [5.41, 5.74) is 7.77. The molecule has 0 aliphatic rings. The van der Waals surface area contributed by atoms with Gasteiger partial charge in [0.15, 0.2) is 0 Å². The van der Waals surface area contributed by atoms with Gasteiger partial charge in [-0.05, 0) is 20.3 Å². The van der Waals surface area contributed by atoms with Gasteiger partial charge in [-0.2, -0.15) is 4.98 Å². The molecule has 0 saturated carbocycles. The standard InChI is InChI=1S/C15H22N6/c1-5-6-13-11(2)18-15(16)19-14(13)20(4)9-10-21-8-7-17-12(21)3/h5,7-8H,1,6,9-10H2,2-4H3,(H2,16,18,19). The highest BCUT2D eigenvalue weighted by molar-refractivity contribution is 5.51. The van der Waals surface area contributed by atoms with Gasteiger partial charge in [-0.15, -0.1) is 6.58 Å². The molecular weight excluding hydrogens is 264 g/mol. The van der Waals surface area contributed by atoms with Crippen LogP contribution in [0.25, 0.3) is 0 Å². The second-order valence-corrected chi connectivity index (χ2v) is 5.05. The average molecular weight is 286 g/mol. The summed E-state index contributed by atoms with van der Waals surface area (Å²) in [5, 5.41) is 0. The Bertz CT molecular complexity index is 631. The van der Waals surface area contributed by atoms with Gasteiger partial charge in [-0.1, -0.05) is 6.08 Å². The quantitative estimate of drug-likeness (QED) is 0.819. The number of nitrogens with zero attached hydrogens (tertiary/aromatic N) is 5. The van der Waals surface area contributed by atoms with Gasteiger partial charge in [0.1, 0.15) is 11.6 Å². The molecular formula is C15H22N6. The van der Waals surface area contributed by atoms with Crippen molar-refractivity contribution in [3.8, 4) is 0 Å². The predicted octanol–water partition coefficient (Wildman–Crippen LogP) is 1.74. The first-order valence-electron chi connectivity index (χ1n) is 6.95. The SMILES string of the molecule is C=CCc1c(C)nc(N)nc1N(C)CCn1ccnc1C. The number of aryl methyl sites for hydroxylation is 2. The molecule has 0 fully saturated rings. The molecule has 0 bridgehead atoms. The van der Waals surface area contributed by atoms with Gasteiger partial charge >= 0.3 is 0 Å². The molecule has 0 aromatic carbocycles. The topological polar surface area (TPSA) is 72.9 Å². The first-order chi connectivity index (χ1) is 10.0. The van der Waals surface area contributed by atoms with Crippen LogP contribution in [0, 0.1) is 13.8 Å². The van der Waals surface area contributed by atoms with E-state index >= 15 is 0 Å². The third-order valence-corrected chi connectivity index (χ3v) is 3.52. The summed E-state index contributed by atoms with van der Waals surface area (Å²) in [6.45, 7) is 9.41. The lowest BCUT2D eigenvalue weighted by Crippen LogP contribution is -2.26. The number of nitrogen functional groups attached to an aromatic ring is 1. The van der Waals surface area contributed by atoms with E-state index in [0.29, 0.717) is 5.95 Å². The smallest absolute Gasteiger partial charge is 0.222 e. The molecule has 21 heavy (non-hydrogen) atoms. The van der Waals surface area contributed by atoms with Crippen LogP contribution in [0.5, 0.6) is 0 Å². The normalized spacial score (nSPS) is 10.6. The molecule has 2 aromatic rings. The fraction of sp³-hybridized carbons (Fsp3) is 0.400. The first-order valence-corrected chi connectivity index (χ1v) is 6.95. The van der Waals surface area contributed by atoms with Crippen molar-refractivity contribution in [2.24, 2.45) is 0 Å². The number of allylic oxidation sites excluding steroid dienone is 1. The minimum Gasteiger partial charge on any atom is -0.368 e. The molecule has 2 aromatic heterocycles. The number of hydrogen-bond donors (Lipinski definition) is 1. The summed E-state index contributed by atoms with van der Waals surface area (Å²) in [4.78, 5) is 15.0. The van der Waals surface area contributed by atoms with E-state index in [9.17, 15) is 0 Å². The van der Waals surface area contributed by atoms with Crippen LogP contribution in [0.2, 0.25) is 0 Å². The number of anilines is 2. The van der Waals surface area contributed by atoms with E-state index in [1.807, 2.05) is 39.4 Å². The molecule has 0 amide bonds. The van der Waals surface area contributed by atoms with Crippen molar-refractivity contribution in [2.45, 2.75) is 26.8 Å². The zero-order chi connectivity index (χ0) is 15.4. The molecule has 2 heterocycles. The van der Waals surface area contributed by atoms with Crippen LogP contribution in [-0.4, -0.2) is 33.1 Å². The molecule has 0 aliphatic heterocycles. The molecule has 6 nitrogen and oxygen atoms in total. The van der Waals surface area contributed by atoms with Gasteiger partial charge in [0.25, 0.3) is 0 Å². The lowest BCUT2D eigenvalue weighted by Gasteiger charge is -2.22. The van der Waals surface area contributed by atoms with Crippen LogP contribution in [-0.2, 0) is 13.0 Å². The molecule has 6 heteroatoms. The van der Waals surface area contributed by atoms with Crippen molar-refractivity contribution >= 4 is 11.8 Å². The predicted molar refractivity (Wildman–Crippen MR) is 85.3 cm³/mol. The van der Waals surface area contributed by atoms with Crippen LogP contribution in [0.1, 0.15) is 17.1 Å². The van der Waals surface area contributed by atoms with Crippen molar-refractivity contribution in [3.63, 3.8) is 0 Å². The van der Waals surface area contributed by atoms with Crippen LogP contribution in [0.3, 0.4) is 0 Å². The van der Waals surface area contributed by atoms with Crippen LogP contribution < -0.4 is 10.6 Å². The van der Waals surface area contributed by atoms with Gasteiger partial charge < -0.3 is 15.2 Å². The van der Waals surface area contributed by atoms with E-state index in [0.717, 1.165) is 42.4 Å². The molecule has 0 atom stereocenters. The highest BCUT2D eigenvalue weighted by Crippen LogP contribution is 2.21. The van der Waals surface area contributed by atoms with Gasteiger partial charge in [-0.3, -0.25) is 0 Å². The minimum absolute atomic E-state index is 0.306. The number of aromatic nitrogens is 4. The molecule has 0 unspecified atom stereocenters. The Kier molecular flexibility index (Phi) is 4.57. The fourth-order valence-electron chi connectivity index (χ4n) is 2.30. The molecule has 0 aliphatic carbocycles. The summed E-state index contributed by atoms with van der Waals surface area (Å²) in [7, 11) is 2.01. The van der Waals surface area contributed by atoms with Crippen molar-refractivity contribution in [1.29, 1.82) is 0 Å². The van der Waals surface area contributed by atoms with Crippen LogP contribution in [0.4, 0.5) is 11.8 Å². The first kappa shape index (κ1) is 15.0. The fourth-order valence-corrected chi connectivity index (χ4v) is 2.30. The summed E-state index contributed by atoms with van der Waals surface area (Å²) < 4.78 is 2.11. The Hall–Kier alpha value is -2.37. The average Bonchev–Trinajstić information content (AvgIpc) is 2.84. The van der Waals surface area contributed by atoms with Crippen molar-refractivity contribution < 1.29 is 0 Å². The van der Waals surface area contributed by atoms with E-state index in [4.69, 9.17) is 5.73 Å². The second-order valence-electron chi connectivity index (χ2n) is 5.05. The second kappa shape index (κ2) is 6.39. The number of rotatable bonds is 6. The lowest BCUT2D eigenvalue weighted by molar-refractivity contribution is 0.659. The van der Waals surface area contributed by atoms with E-state index in [1.54, 1.807) is 0 Å². The van der Waals surface area contributed by atoms with Crippen molar-refractivity contribution in [2.75, 3.05) is 24.2 Å². The number of nitrogens with two attached hydrogens (primary N) is 1. The van der Waals surface area contributed by atoms with Crippen molar-refractivity contribution in [1.82, 2.24) is 19.5 Å². The van der Waals surface area contributed by atoms with Crippen LogP contribution in [0.15, 0.2) is 25.0 Å². The summed E-state index contributed by atoms with van der Waals surface area (Å²) >= 11 is 0. The summed E-state index contributed by atoms with van der Waals surface area (Å²) in [6.07, 6.45) is 6.38.